The minimum Gasteiger partial charge on any atom is -0.493 e. The van der Waals surface area contributed by atoms with Crippen LogP contribution in [-0.4, -0.2) is 27.2 Å². The number of carbonyl (C=O) groups is 1. The third-order valence-electron chi connectivity index (χ3n) is 3.79. The predicted octanol–water partition coefficient (Wildman–Crippen LogP) is 3.25. The highest BCUT2D eigenvalue weighted by Crippen LogP contribution is 2.48. The van der Waals surface area contributed by atoms with Gasteiger partial charge in [0.1, 0.15) is 0 Å². The van der Waals surface area contributed by atoms with Gasteiger partial charge < -0.3 is 19.5 Å². The van der Waals surface area contributed by atoms with E-state index in [2.05, 4.69) is 5.32 Å². The van der Waals surface area contributed by atoms with Crippen molar-refractivity contribution >= 4 is 22.9 Å². The highest BCUT2D eigenvalue weighted by Gasteiger charge is 2.31. The molecule has 0 aliphatic carbocycles. The number of thiophene rings is 1. The molecule has 2 aromatic rings. The summed E-state index contributed by atoms with van der Waals surface area (Å²) in [6.07, 6.45) is 0.388. The first-order chi connectivity index (χ1) is 10.7. The molecule has 1 aromatic carbocycles. The smallest absolute Gasteiger partial charge is 0.225 e. The van der Waals surface area contributed by atoms with Gasteiger partial charge in [-0.15, -0.1) is 11.3 Å². The van der Waals surface area contributed by atoms with Crippen LogP contribution >= 0.6 is 11.3 Å². The van der Waals surface area contributed by atoms with Crippen molar-refractivity contribution in [3.8, 4) is 17.2 Å². The molecular weight excluding hydrogens is 302 g/mol. The van der Waals surface area contributed by atoms with Crippen LogP contribution in [0.2, 0.25) is 0 Å². The quantitative estimate of drug-likeness (QED) is 0.940. The second kappa shape index (κ2) is 5.88. The fourth-order valence-corrected chi connectivity index (χ4v) is 3.79. The molecule has 2 heterocycles. The van der Waals surface area contributed by atoms with Crippen LogP contribution in [0, 0.1) is 0 Å². The van der Waals surface area contributed by atoms with Gasteiger partial charge in [-0.3, -0.25) is 4.79 Å². The van der Waals surface area contributed by atoms with Gasteiger partial charge in [-0.05, 0) is 17.5 Å². The zero-order valence-electron chi connectivity index (χ0n) is 12.6. The Morgan fingerprint density at radius 3 is 2.55 bits per heavy atom. The molecule has 1 aromatic heterocycles. The Kier molecular flexibility index (Phi) is 3.94. The van der Waals surface area contributed by atoms with Gasteiger partial charge in [0.25, 0.3) is 0 Å². The molecule has 1 amide bonds. The van der Waals surface area contributed by atoms with Gasteiger partial charge in [-0.1, -0.05) is 6.07 Å². The van der Waals surface area contributed by atoms with Gasteiger partial charge in [0.15, 0.2) is 11.5 Å². The zero-order valence-corrected chi connectivity index (χ0v) is 13.5. The molecule has 0 bridgehead atoms. The van der Waals surface area contributed by atoms with Crippen molar-refractivity contribution in [2.75, 3.05) is 26.6 Å². The van der Waals surface area contributed by atoms with Gasteiger partial charge in [0.05, 0.1) is 27.0 Å². The Balaban J connectivity index is 2.15. The molecule has 0 saturated heterocycles. The summed E-state index contributed by atoms with van der Waals surface area (Å²) in [4.78, 5) is 13.1. The number of carbonyl (C=O) groups excluding carboxylic acids is 1. The molecule has 22 heavy (non-hydrogen) atoms. The molecule has 5 nitrogen and oxygen atoms in total. The molecular formula is C16H17NO4S. The largest absolute Gasteiger partial charge is 0.493 e. The summed E-state index contributed by atoms with van der Waals surface area (Å²) in [5, 5.41) is 4.89. The first-order valence-electron chi connectivity index (χ1n) is 6.85. The third-order valence-corrected chi connectivity index (χ3v) is 4.82. The van der Waals surface area contributed by atoms with Crippen LogP contribution < -0.4 is 19.5 Å². The van der Waals surface area contributed by atoms with Crippen LogP contribution in [0.15, 0.2) is 23.6 Å². The number of hydrogen-bond acceptors (Lipinski definition) is 5. The lowest BCUT2D eigenvalue weighted by Crippen LogP contribution is -2.22. The summed E-state index contributed by atoms with van der Waals surface area (Å²) in [5.74, 6) is 1.73. The maximum absolute atomic E-state index is 12.0. The Labute approximate surface area is 132 Å². The molecule has 0 unspecified atom stereocenters. The summed E-state index contributed by atoms with van der Waals surface area (Å²) in [6, 6.07) is 5.71. The number of rotatable bonds is 4. The molecule has 0 saturated carbocycles. The van der Waals surface area contributed by atoms with Gasteiger partial charge in [-0.2, -0.15) is 0 Å². The standard InChI is InChI=1S/C16H17NO4S/c1-19-12-5-4-9(14(20-2)15(12)21-3)10-8-13(18)17-11-6-7-22-16(10)11/h4-7,10H,8H2,1-3H3,(H,17,18)/t10-/m0/s1. The normalized spacial score (nSPS) is 16.7. The highest BCUT2D eigenvalue weighted by atomic mass is 32.1. The fraction of sp³-hybridized carbons (Fsp3) is 0.312. The van der Waals surface area contributed by atoms with Gasteiger partial charge in [-0.25, -0.2) is 0 Å². The average Bonchev–Trinajstić information content (AvgIpc) is 3.00. The van der Waals surface area contributed by atoms with Crippen LogP contribution in [0.4, 0.5) is 5.69 Å². The first kappa shape index (κ1) is 14.7. The minimum absolute atomic E-state index is 0.00716. The lowest BCUT2D eigenvalue weighted by molar-refractivity contribution is -0.116. The van der Waals surface area contributed by atoms with E-state index in [1.165, 1.54) is 0 Å². The fourth-order valence-electron chi connectivity index (χ4n) is 2.82. The van der Waals surface area contributed by atoms with E-state index < -0.39 is 0 Å². The van der Waals surface area contributed by atoms with Crippen molar-refractivity contribution in [1.82, 2.24) is 0 Å². The van der Waals surface area contributed by atoms with E-state index in [9.17, 15) is 4.79 Å². The molecule has 1 atom stereocenters. The minimum atomic E-state index is -0.0430. The molecule has 3 rings (SSSR count). The molecule has 6 heteroatoms. The molecule has 0 radical (unpaired) electrons. The average molecular weight is 319 g/mol. The second-order valence-corrected chi connectivity index (χ2v) is 5.87. The number of hydrogen-bond donors (Lipinski definition) is 1. The molecule has 0 spiro atoms. The lowest BCUT2D eigenvalue weighted by atomic mass is 9.89. The van der Waals surface area contributed by atoms with Crippen LogP contribution in [0.25, 0.3) is 0 Å². The van der Waals surface area contributed by atoms with Crippen LogP contribution in [0.1, 0.15) is 22.8 Å². The molecule has 1 aliphatic rings. The Bertz CT molecular complexity index is 710. The lowest BCUT2D eigenvalue weighted by Gasteiger charge is -2.25. The first-order valence-corrected chi connectivity index (χ1v) is 7.73. The summed E-state index contributed by atoms with van der Waals surface area (Å²) in [7, 11) is 4.76. The monoisotopic (exact) mass is 319 g/mol. The number of nitrogens with one attached hydrogen (secondary N) is 1. The van der Waals surface area contributed by atoms with Crippen molar-refractivity contribution in [1.29, 1.82) is 0 Å². The van der Waals surface area contributed by atoms with Crippen molar-refractivity contribution in [3.05, 3.63) is 34.0 Å². The number of anilines is 1. The molecule has 1 N–H and O–H groups in total. The van der Waals surface area contributed by atoms with E-state index in [4.69, 9.17) is 14.2 Å². The van der Waals surface area contributed by atoms with Crippen LogP contribution in [0.3, 0.4) is 0 Å². The maximum atomic E-state index is 12.0. The number of fused-ring (bicyclic) bond motifs is 1. The van der Waals surface area contributed by atoms with Crippen molar-refractivity contribution in [3.63, 3.8) is 0 Å². The highest BCUT2D eigenvalue weighted by molar-refractivity contribution is 7.10. The number of benzene rings is 1. The number of methoxy groups -OCH3 is 3. The van der Waals surface area contributed by atoms with E-state index >= 15 is 0 Å². The third kappa shape index (κ3) is 2.29. The Morgan fingerprint density at radius 1 is 1.09 bits per heavy atom. The zero-order chi connectivity index (χ0) is 15.7. The Hall–Kier alpha value is -2.21. The van der Waals surface area contributed by atoms with Gasteiger partial charge in [0, 0.05) is 22.8 Å². The number of ether oxygens (including phenoxy) is 3. The Morgan fingerprint density at radius 2 is 1.86 bits per heavy atom. The second-order valence-electron chi connectivity index (χ2n) is 4.93. The summed E-state index contributed by atoms with van der Waals surface area (Å²) in [6.45, 7) is 0. The maximum Gasteiger partial charge on any atom is 0.225 e. The molecule has 116 valence electrons. The van der Waals surface area contributed by atoms with Crippen molar-refractivity contribution in [2.45, 2.75) is 12.3 Å². The van der Waals surface area contributed by atoms with E-state index in [1.54, 1.807) is 32.7 Å². The number of amides is 1. The summed E-state index contributed by atoms with van der Waals surface area (Å²) in [5.41, 5.74) is 1.81. The van der Waals surface area contributed by atoms with E-state index in [1.807, 2.05) is 23.6 Å². The van der Waals surface area contributed by atoms with Crippen LogP contribution in [-0.2, 0) is 4.79 Å². The summed E-state index contributed by atoms with van der Waals surface area (Å²) >= 11 is 1.63. The predicted molar refractivity (Wildman–Crippen MR) is 85.5 cm³/mol. The van der Waals surface area contributed by atoms with Gasteiger partial charge in [0.2, 0.25) is 11.7 Å². The van der Waals surface area contributed by atoms with Gasteiger partial charge >= 0.3 is 0 Å². The van der Waals surface area contributed by atoms with Crippen LogP contribution in [0.5, 0.6) is 17.2 Å². The van der Waals surface area contributed by atoms with E-state index in [0.29, 0.717) is 23.7 Å². The van der Waals surface area contributed by atoms with E-state index in [0.717, 1.165) is 16.1 Å². The molecule has 1 aliphatic heterocycles. The SMILES string of the molecule is COc1ccc([C@@H]2CC(=O)Nc3ccsc32)c(OC)c1OC. The topological polar surface area (TPSA) is 56.8 Å². The van der Waals surface area contributed by atoms with Crippen molar-refractivity contribution in [2.24, 2.45) is 0 Å². The molecule has 0 fully saturated rings. The van der Waals surface area contributed by atoms with Crippen molar-refractivity contribution < 1.29 is 19.0 Å². The van der Waals surface area contributed by atoms with E-state index in [-0.39, 0.29) is 11.8 Å². The summed E-state index contributed by atoms with van der Waals surface area (Å²) < 4.78 is 16.3.